The van der Waals surface area contributed by atoms with Gasteiger partial charge in [0.05, 0.1) is 5.92 Å². The maximum atomic E-state index is 12.8. The molecule has 0 saturated heterocycles. The predicted molar refractivity (Wildman–Crippen MR) is 95.2 cm³/mol. The summed E-state index contributed by atoms with van der Waals surface area (Å²) in [6.07, 6.45) is -2.39. The monoisotopic (exact) mass is 362 g/mol. The molecule has 0 aromatic heterocycles. The number of benzene rings is 2. The lowest BCUT2D eigenvalue weighted by Crippen LogP contribution is -2.29. The minimum atomic E-state index is -4.23. The summed E-state index contributed by atoms with van der Waals surface area (Å²) in [6.45, 7) is 2.65. The molecule has 1 aliphatic heterocycles. The van der Waals surface area contributed by atoms with Crippen LogP contribution in [0.15, 0.2) is 42.5 Å². The number of carbonyl (C=O) groups is 1. The van der Waals surface area contributed by atoms with Gasteiger partial charge in [-0.05, 0) is 54.7 Å². The molecular weight excluding hydrogens is 341 g/mol. The Morgan fingerprint density at radius 3 is 2.50 bits per heavy atom. The van der Waals surface area contributed by atoms with Crippen LogP contribution in [0.25, 0.3) is 0 Å². The average molecular weight is 362 g/mol. The van der Waals surface area contributed by atoms with Crippen molar-refractivity contribution in [2.45, 2.75) is 38.4 Å². The van der Waals surface area contributed by atoms with Crippen molar-refractivity contribution in [3.05, 3.63) is 64.7 Å². The summed E-state index contributed by atoms with van der Waals surface area (Å²) in [6, 6.07) is 12.1. The molecule has 138 valence electrons. The number of nitrogens with two attached hydrogens (primary N) is 1. The smallest absolute Gasteiger partial charge is 0.367 e. The largest absolute Gasteiger partial charge is 0.395 e. The van der Waals surface area contributed by atoms with E-state index in [9.17, 15) is 18.0 Å². The van der Waals surface area contributed by atoms with Gasteiger partial charge in [-0.15, -0.1) is 0 Å². The van der Waals surface area contributed by atoms with E-state index >= 15 is 0 Å². The molecule has 26 heavy (non-hydrogen) atoms. The lowest BCUT2D eigenvalue weighted by Gasteiger charge is -2.31. The molecule has 1 amide bonds. The van der Waals surface area contributed by atoms with E-state index in [1.807, 2.05) is 12.1 Å². The minimum Gasteiger partial charge on any atom is -0.367 e. The summed E-state index contributed by atoms with van der Waals surface area (Å²) in [5.41, 5.74) is 9.19. The Morgan fingerprint density at radius 2 is 1.88 bits per heavy atom. The molecule has 2 aromatic rings. The normalized spacial score (nSPS) is 15.5. The zero-order valence-electron chi connectivity index (χ0n) is 14.5. The van der Waals surface area contributed by atoms with Gasteiger partial charge in [0.1, 0.15) is 0 Å². The van der Waals surface area contributed by atoms with Crippen LogP contribution >= 0.6 is 0 Å². The topological polar surface area (TPSA) is 46.3 Å². The van der Waals surface area contributed by atoms with Crippen molar-refractivity contribution >= 4 is 11.6 Å². The maximum absolute atomic E-state index is 12.8. The molecule has 0 bridgehead atoms. The average Bonchev–Trinajstić information content (AvgIpc) is 2.60. The second-order valence-corrected chi connectivity index (χ2v) is 6.74. The number of aryl methyl sites for hydroxylation is 1. The first-order valence-corrected chi connectivity index (χ1v) is 8.59. The molecule has 1 atom stereocenters. The van der Waals surface area contributed by atoms with Gasteiger partial charge in [-0.1, -0.05) is 24.3 Å². The van der Waals surface area contributed by atoms with Crippen molar-refractivity contribution in [2.75, 3.05) is 11.4 Å². The zero-order valence-corrected chi connectivity index (χ0v) is 14.5. The second-order valence-electron chi connectivity index (χ2n) is 6.74. The van der Waals surface area contributed by atoms with Crippen LogP contribution in [-0.2, 0) is 13.0 Å². The third kappa shape index (κ3) is 3.84. The van der Waals surface area contributed by atoms with Gasteiger partial charge >= 0.3 is 6.18 Å². The van der Waals surface area contributed by atoms with Crippen LogP contribution in [0.4, 0.5) is 18.9 Å². The van der Waals surface area contributed by atoms with Gasteiger partial charge in [-0.25, -0.2) is 0 Å². The first-order chi connectivity index (χ1) is 12.3. The number of anilines is 1. The quantitative estimate of drug-likeness (QED) is 0.876. The lowest BCUT2D eigenvalue weighted by molar-refractivity contribution is -0.146. The molecular formula is C20H21F3N2O. The van der Waals surface area contributed by atoms with Gasteiger partial charge in [0.15, 0.2) is 0 Å². The number of fused-ring (bicyclic) bond motifs is 1. The molecule has 1 aliphatic rings. The van der Waals surface area contributed by atoms with Crippen molar-refractivity contribution in [1.29, 1.82) is 0 Å². The van der Waals surface area contributed by atoms with Crippen LogP contribution < -0.4 is 10.6 Å². The van der Waals surface area contributed by atoms with Crippen LogP contribution in [0.5, 0.6) is 0 Å². The van der Waals surface area contributed by atoms with Crippen molar-refractivity contribution in [3.8, 4) is 0 Å². The molecule has 6 heteroatoms. The Kier molecular flexibility index (Phi) is 4.94. The fourth-order valence-electron chi connectivity index (χ4n) is 3.31. The van der Waals surface area contributed by atoms with Gasteiger partial charge in [-0.3, -0.25) is 4.79 Å². The predicted octanol–water partition coefficient (Wildman–Crippen LogP) is 4.40. The lowest BCUT2D eigenvalue weighted by atomic mass is 9.97. The highest BCUT2D eigenvalue weighted by Gasteiger charge is 2.36. The summed E-state index contributed by atoms with van der Waals surface area (Å²) < 4.78 is 38.5. The van der Waals surface area contributed by atoms with E-state index in [2.05, 4.69) is 4.90 Å². The van der Waals surface area contributed by atoms with Crippen LogP contribution in [0.1, 0.15) is 46.3 Å². The second kappa shape index (κ2) is 7.02. The first-order valence-electron chi connectivity index (χ1n) is 8.59. The number of halogens is 3. The van der Waals surface area contributed by atoms with E-state index in [4.69, 9.17) is 5.73 Å². The minimum absolute atomic E-state index is 0.270. The number of carbonyl (C=O) groups excluding carboxylic acids is 1. The van der Waals surface area contributed by atoms with E-state index in [1.165, 1.54) is 6.92 Å². The number of hydrogen-bond donors (Lipinski definition) is 1. The number of nitrogens with zero attached hydrogens (tertiary/aromatic N) is 1. The molecule has 0 spiro atoms. The molecule has 2 aromatic carbocycles. The van der Waals surface area contributed by atoms with E-state index in [1.54, 1.807) is 30.3 Å². The van der Waals surface area contributed by atoms with Crippen LogP contribution in [0.3, 0.4) is 0 Å². The summed E-state index contributed by atoms with van der Waals surface area (Å²) in [5, 5.41) is 0. The Morgan fingerprint density at radius 1 is 1.19 bits per heavy atom. The summed E-state index contributed by atoms with van der Waals surface area (Å²) in [4.78, 5) is 13.5. The highest BCUT2D eigenvalue weighted by molar-refractivity contribution is 5.93. The van der Waals surface area contributed by atoms with Gasteiger partial charge in [0.2, 0.25) is 5.91 Å². The summed E-state index contributed by atoms with van der Waals surface area (Å²) >= 11 is 0. The summed E-state index contributed by atoms with van der Waals surface area (Å²) in [5.74, 6) is -1.92. The molecule has 1 unspecified atom stereocenters. The van der Waals surface area contributed by atoms with Crippen molar-refractivity contribution in [2.24, 2.45) is 5.73 Å². The molecule has 0 fully saturated rings. The maximum Gasteiger partial charge on any atom is 0.395 e. The van der Waals surface area contributed by atoms with E-state index in [-0.39, 0.29) is 5.56 Å². The third-order valence-corrected chi connectivity index (χ3v) is 4.92. The molecule has 0 aliphatic carbocycles. The Hall–Kier alpha value is -2.50. The third-order valence-electron chi connectivity index (χ3n) is 4.92. The Balaban J connectivity index is 1.77. The van der Waals surface area contributed by atoms with Gasteiger partial charge in [0, 0.05) is 24.3 Å². The summed E-state index contributed by atoms with van der Waals surface area (Å²) in [7, 11) is 0. The number of primary amides is 1. The number of amides is 1. The molecule has 2 N–H and O–H groups in total. The number of rotatable bonds is 4. The van der Waals surface area contributed by atoms with Crippen molar-refractivity contribution in [1.82, 2.24) is 0 Å². The number of hydrogen-bond acceptors (Lipinski definition) is 2. The standard InChI is InChI=1S/C20H21F3N2O/c1-13(20(21,22)23)15-6-4-14(5-7-15)12-25-10-2-3-16-11-17(19(24)26)8-9-18(16)25/h4-9,11,13H,2-3,10,12H2,1H3,(H2,24,26). The number of alkyl halides is 3. The molecule has 3 nitrogen and oxygen atoms in total. The first kappa shape index (κ1) is 18.3. The molecule has 1 heterocycles. The molecule has 0 radical (unpaired) electrons. The molecule has 3 rings (SSSR count). The molecule has 0 saturated carbocycles. The van der Waals surface area contributed by atoms with Gasteiger partial charge < -0.3 is 10.6 Å². The Bertz CT molecular complexity index is 800. The van der Waals surface area contributed by atoms with Crippen molar-refractivity contribution < 1.29 is 18.0 Å². The highest BCUT2D eigenvalue weighted by atomic mass is 19.4. The van der Waals surface area contributed by atoms with Gasteiger partial charge in [0.25, 0.3) is 0 Å². The van der Waals surface area contributed by atoms with E-state index in [0.29, 0.717) is 12.1 Å². The van der Waals surface area contributed by atoms with Crippen LogP contribution in [0, 0.1) is 0 Å². The SMILES string of the molecule is CC(c1ccc(CN2CCCc3cc(C(N)=O)ccc32)cc1)C(F)(F)F. The highest BCUT2D eigenvalue weighted by Crippen LogP contribution is 2.34. The van der Waals surface area contributed by atoms with Crippen LogP contribution in [-0.4, -0.2) is 18.6 Å². The van der Waals surface area contributed by atoms with E-state index < -0.39 is 18.0 Å². The van der Waals surface area contributed by atoms with Crippen LogP contribution in [0.2, 0.25) is 0 Å². The van der Waals surface area contributed by atoms with Crippen molar-refractivity contribution in [3.63, 3.8) is 0 Å². The zero-order chi connectivity index (χ0) is 18.9. The fourth-order valence-corrected chi connectivity index (χ4v) is 3.31. The van der Waals surface area contributed by atoms with Gasteiger partial charge in [-0.2, -0.15) is 13.2 Å². The van der Waals surface area contributed by atoms with E-state index in [0.717, 1.165) is 36.2 Å². The fraction of sp³-hybridized carbons (Fsp3) is 0.350. The Labute approximate surface area is 150 Å².